The van der Waals surface area contributed by atoms with Crippen molar-refractivity contribution in [1.29, 1.82) is 0 Å². The Hall–Kier alpha value is -3.02. The van der Waals surface area contributed by atoms with Gasteiger partial charge in [-0.2, -0.15) is 0 Å². The molecule has 0 aromatic heterocycles. The largest absolute Gasteiger partial charge is 0.489 e. The molecular formula is C23H19Cl2NO4. The van der Waals surface area contributed by atoms with Crippen molar-refractivity contribution in [1.82, 2.24) is 5.32 Å². The lowest BCUT2D eigenvalue weighted by atomic mass is 10.0. The number of aromatic carboxylic acids is 1. The van der Waals surface area contributed by atoms with Crippen molar-refractivity contribution in [2.24, 2.45) is 0 Å². The molecule has 0 bridgehead atoms. The summed E-state index contributed by atoms with van der Waals surface area (Å²) in [6, 6.07) is 18.1. The molecule has 0 aliphatic rings. The van der Waals surface area contributed by atoms with Gasteiger partial charge in [0.2, 0.25) is 0 Å². The predicted molar refractivity (Wildman–Crippen MR) is 117 cm³/mol. The summed E-state index contributed by atoms with van der Waals surface area (Å²) in [5, 5.41) is 12.9. The van der Waals surface area contributed by atoms with Crippen LogP contribution in [0.5, 0.6) is 5.75 Å². The highest BCUT2D eigenvalue weighted by Crippen LogP contribution is 2.22. The van der Waals surface area contributed by atoms with Crippen LogP contribution in [0.15, 0.2) is 66.7 Å². The van der Waals surface area contributed by atoms with Gasteiger partial charge in [-0.15, -0.1) is 0 Å². The smallest absolute Gasteiger partial charge is 0.335 e. The van der Waals surface area contributed by atoms with Gasteiger partial charge >= 0.3 is 5.97 Å². The Morgan fingerprint density at radius 2 is 1.70 bits per heavy atom. The standard InChI is InChI=1S/C23H19Cl2NO4/c1-14(15-5-7-16(8-6-15)23(28)29)26-22(27)21-12-19(25)10-9-17(21)13-30-20-4-2-3-18(24)11-20/h2-12,14H,13H2,1H3,(H,26,27)(H,28,29)/t14-/m0/s1. The molecular weight excluding hydrogens is 425 g/mol. The molecule has 7 heteroatoms. The quantitative estimate of drug-likeness (QED) is 0.486. The molecule has 3 rings (SSSR count). The molecule has 2 N–H and O–H groups in total. The number of carbonyl (C=O) groups is 2. The fraction of sp³-hybridized carbons (Fsp3) is 0.130. The maximum Gasteiger partial charge on any atom is 0.335 e. The van der Waals surface area contributed by atoms with E-state index in [9.17, 15) is 9.59 Å². The maximum absolute atomic E-state index is 12.9. The molecule has 0 fully saturated rings. The van der Waals surface area contributed by atoms with Crippen LogP contribution < -0.4 is 10.1 Å². The third-order valence-corrected chi connectivity index (χ3v) is 4.98. The fourth-order valence-corrected chi connectivity index (χ4v) is 3.23. The number of hydrogen-bond acceptors (Lipinski definition) is 3. The summed E-state index contributed by atoms with van der Waals surface area (Å²) in [5.74, 6) is -0.714. The molecule has 0 saturated heterocycles. The first-order valence-corrected chi connectivity index (χ1v) is 9.90. The number of nitrogens with one attached hydrogen (secondary N) is 1. The third kappa shape index (κ3) is 5.53. The van der Waals surface area contributed by atoms with E-state index in [1.807, 2.05) is 6.92 Å². The third-order valence-electron chi connectivity index (χ3n) is 4.51. The van der Waals surface area contributed by atoms with Gasteiger partial charge in [0.05, 0.1) is 11.6 Å². The van der Waals surface area contributed by atoms with Crippen LogP contribution in [0, 0.1) is 0 Å². The van der Waals surface area contributed by atoms with Crippen LogP contribution >= 0.6 is 23.2 Å². The highest BCUT2D eigenvalue weighted by Gasteiger charge is 2.16. The lowest BCUT2D eigenvalue weighted by Gasteiger charge is -2.17. The van der Waals surface area contributed by atoms with Crippen LogP contribution in [0.3, 0.4) is 0 Å². The average molecular weight is 444 g/mol. The van der Waals surface area contributed by atoms with Gasteiger partial charge in [0.1, 0.15) is 12.4 Å². The maximum atomic E-state index is 12.9. The number of benzene rings is 3. The van der Waals surface area contributed by atoms with Gasteiger partial charge in [-0.25, -0.2) is 4.79 Å². The van der Waals surface area contributed by atoms with Crippen LogP contribution in [0.4, 0.5) is 0 Å². The summed E-state index contributed by atoms with van der Waals surface area (Å²) in [6.45, 7) is 1.99. The minimum absolute atomic E-state index is 0.169. The van der Waals surface area contributed by atoms with Gasteiger partial charge < -0.3 is 15.2 Å². The topological polar surface area (TPSA) is 75.6 Å². The molecule has 5 nitrogen and oxygen atoms in total. The Bertz CT molecular complexity index is 1070. The van der Waals surface area contributed by atoms with Crippen molar-refractivity contribution in [3.63, 3.8) is 0 Å². The summed E-state index contributed by atoms with van der Waals surface area (Å²) < 4.78 is 5.77. The second-order valence-electron chi connectivity index (χ2n) is 6.67. The van der Waals surface area contributed by atoms with Crippen molar-refractivity contribution in [3.8, 4) is 5.75 Å². The van der Waals surface area contributed by atoms with Crippen LogP contribution in [0.2, 0.25) is 10.0 Å². The zero-order chi connectivity index (χ0) is 21.7. The molecule has 0 aliphatic heterocycles. The first-order valence-electron chi connectivity index (χ1n) is 9.14. The van der Waals surface area contributed by atoms with Gasteiger partial charge in [-0.05, 0) is 55.0 Å². The van der Waals surface area contributed by atoms with Crippen molar-refractivity contribution in [2.45, 2.75) is 19.6 Å². The monoisotopic (exact) mass is 443 g/mol. The first kappa shape index (κ1) is 21.7. The Morgan fingerprint density at radius 1 is 1.00 bits per heavy atom. The van der Waals surface area contributed by atoms with Crippen molar-refractivity contribution in [2.75, 3.05) is 0 Å². The van der Waals surface area contributed by atoms with Crippen LogP contribution in [-0.4, -0.2) is 17.0 Å². The Morgan fingerprint density at radius 3 is 2.37 bits per heavy atom. The number of carbonyl (C=O) groups excluding carboxylic acids is 1. The summed E-state index contributed by atoms with van der Waals surface area (Å²) in [6.07, 6.45) is 0. The predicted octanol–water partition coefficient (Wildman–Crippen LogP) is 5.76. The van der Waals surface area contributed by atoms with Crippen molar-refractivity contribution >= 4 is 35.1 Å². The Balaban J connectivity index is 1.74. The van der Waals surface area contributed by atoms with E-state index >= 15 is 0 Å². The normalized spacial score (nSPS) is 11.6. The van der Waals surface area contributed by atoms with E-state index < -0.39 is 5.97 Å². The van der Waals surface area contributed by atoms with Gasteiger partial charge in [0.25, 0.3) is 5.91 Å². The summed E-state index contributed by atoms with van der Waals surface area (Å²) in [7, 11) is 0. The minimum atomic E-state index is -0.999. The molecule has 0 heterocycles. The molecule has 1 amide bonds. The van der Waals surface area contributed by atoms with E-state index in [0.29, 0.717) is 26.9 Å². The Labute approximate surface area is 184 Å². The van der Waals surface area contributed by atoms with E-state index in [-0.39, 0.29) is 24.1 Å². The van der Waals surface area contributed by atoms with Crippen LogP contribution in [0.1, 0.15) is 44.8 Å². The number of hydrogen-bond donors (Lipinski definition) is 2. The fourth-order valence-electron chi connectivity index (χ4n) is 2.88. The lowest BCUT2D eigenvalue weighted by molar-refractivity contribution is 0.0696. The van der Waals surface area contributed by atoms with E-state index in [1.54, 1.807) is 54.6 Å². The van der Waals surface area contributed by atoms with Crippen LogP contribution in [-0.2, 0) is 6.61 Å². The van der Waals surface area contributed by atoms with E-state index in [2.05, 4.69) is 5.32 Å². The molecule has 0 spiro atoms. The molecule has 0 unspecified atom stereocenters. The number of carboxylic acids is 1. The van der Waals surface area contributed by atoms with Gasteiger partial charge in [-0.3, -0.25) is 4.79 Å². The van der Waals surface area contributed by atoms with Gasteiger partial charge in [0, 0.05) is 21.2 Å². The molecule has 0 saturated carbocycles. The summed E-state index contributed by atoms with van der Waals surface area (Å²) >= 11 is 12.1. The molecule has 1 atom stereocenters. The van der Waals surface area contributed by atoms with Crippen molar-refractivity contribution in [3.05, 3.63) is 99.0 Å². The molecule has 154 valence electrons. The SMILES string of the molecule is C[C@H](NC(=O)c1cc(Cl)ccc1COc1cccc(Cl)c1)c1ccc(C(=O)O)cc1. The minimum Gasteiger partial charge on any atom is -0.489 e. The molecule has 0 aliphatic carbocycles. The highest BCUT2D eigenvalue weighted by molar-refractivity contribution is 6.31. The summed E-state index contributed by atoms with van der Waals surface area (Å²) in [5.41, 5.74) is 2.04. The molecule has 0 radical (unpaired) electrons. The van der Waals surface area contributed by atoms with E-state index in [0.717, 1.165) is 5.56 Å². The zero-order valence-corrected chi connectivity index (χ0v) is 17.6. The van der Waals surface area contributed by atoms with Gasteiger partial charge in [-0.1, -0.05) is 47.5 Å². The van der Waals surface area contributed by atoms with Crippen LogP contribution in [0.25, 0.3) is 0 Å². The number of rotatable bonds is 7. The first-order chi connectivity index (χ1) is 14.3. The molecule has 3 aromatic carbocycles. The second kappa shape index (κ2) is 9.65. The highest BCUT2D eigenvalue weighted by atomic mass is 35.5. The number of amides is 1. The van der Waals surface area contributed by atoms with Crippen molar-refractivity contribution < 1.29 is 19.4 Å². The summed E-state index contributed by atoms with van der Waals surface area (Å²) in [4.78, 5) is 23.9. The lowest BCUT2D eigenvalue weighted by Crippen LogP contribution is -2.27. The second-order valence-corrected chi connectivity index (χ2v) is 7.54. The van der Waals surface area contributed by atoms with E-state index in [1.165, 1.54) is 12.1 Å². The average Bonchev–Trinajstić information content (AvgIpc) is 2.72. The Kier molecular flexibility index (Phi) is 6.98. The number of halogens is 2. The molecule has 30 heavy (non-hydrogen) atoms. The number of carboxylic acid groups (broad SMARTS) is 1. The number of ether oxygens (including phenoxy) is 1. The zero-order valence-electron chi connectivity index (χ0n) is 16.1. The molecule has 3 aromatic rings. The van der Waals surface area contributed by atoms with E-state index in [4.69, 9.17) is 33.0 Å². The van der Waals surface area contributed by atoms with Gasteiger partial charge in [0.15, 0.2) is 0 Å².